The van der Waals surface area contributed by atoms with Crippen LogP contribution in [0, 0.1) is 0 Å². The van der Waals surface area contributed by atoms with Gasteiger partial charge in [-0.3, -0.25) is 4.79 Å². The first-order valence-corrected chi connectivity index (χ1v) is 12.8. The van der Waals surface area contributed by atoms with Crippen LogP contribution in [0.5, 0.6) is 5.75 Å². The number of hydrogen-bond acceptors (Lipinski definition) is 5. The van der Waals surface area contributed by atoms with E-state index in [-0.39, 0.29) is 11.9 Å². The molecule has 34 heavy (non-hydrogen) atoms. The van der Waals surface area contributed by atoms with Gasteiger partial charge in [0.2, 0.25) is 0 Å². The molecule has 2 aromatic carbocycles. The van der Waals surface area contributed by atoms with Gasteiger partial charge in [0, 0.05) is 34.5 Å². The van der Waals surface area contributed by atoms with Crippen molar-refractivity contribution < 1.29 is 9.53 Å². The number of pyridine rings is 1. The lowest BCUT2D eigenvalue weighted by atomic mass is 10.0. The molecule has 5 nitrogen and oxygen atoms in total. The summed E-state index contributed by atoms with van der Waals surface area (Å²) in [4.78, 5) is 19.6. The highest BCUT2D eigenvalue weighted by atomic mass is 32.1. The fourth-order valence-corrected chi connectivity index (χ4v) is 5.27. The minimum absolute atomic E-state index is 0.0327. The van der Waals surface area contributed by atoms with Crippen LogP contribution >= 0.6 is 11.3 Å². The van der Waals surface area contributed by atoms with Crippen molar-refractivity contribution >= 4 is 28.1 Å². The summed E-state index contributed by atoms with van der Waals surface area (Å²) in [6, 6.07) is 22.5. The van der Waals surface area contributed by atoms with Gasteiger partial charge in [0.05, 0.1) is 23.4 Å². The Bertz CT molecular complexity index is 1250. The molecule has 0 spiro atoms. The molecule has 0 aliphatic heterocycles. The predicted molar refractivity (Wildman–Crippen MR) is 138 cm³/mol. The van der Waals surface area contributed by atoms with Crippen molar-refractivity contribution in [1.29, 1.82) is 0 Å². The molecule has 1 saturated carbocycles. The molecular weight excluding hydrogens is 442 g/mol. The van der Waals surface area contributed by atoms with Gasteiger partial charge in [0.25, 0.3) is 5.91 Å². The minimum Gasteiger partial charge on any atom is -0.494 e. The van der Waals surface area contributed by atoms with Crippen LogP contribution < -0.4 is 15.4 Å². The number of hydrogen-bond donors (Lipinski definition) is 2. The van der Waals surface area contributed by atoms with Crippen molar-refractivity contribution in [3.05, 3.63) is 82.6 Å². The summed E-state index contributed by atoms with van der Waals surface area (Å²) in [5.74, 6) is 0.795. The summed E-state index contributed by atoms with van der Waals surface area (Å²) in [7, 11) is 0. The van der Waals surface area contributed by atoms with E-state index in [1.165, 1.54) is 4.88 Å². The molecular formula is C28H29N3O2S. The van der Waals surface area contributed by atoms with Crippen LogP contribution in [0.3, 0.4) is 0 Å². The third-order valence-corrected chi connectivity index (χ3v) is 7.21. The maximum atomic E-state index is 13.4. The van der Waals surface area contributed by atoms with E-state index in [0.29, 0.717) is 18.2 Å². The van der Waals surface area contributed by atoms with Crippen LogP contribution in [0.4, 0.5) is 0 Å². The Balaban J connectivity index is 1.32. The van der Waals surface area contributed by atoms with Crippen LogP contribution in [0.2, 0.25) is 0 Å². The van der Waals surface area contributed by atoms with Crippen LogP contribution in [-0.2, 0) is 6.54 Å². The van der Waals surface area contributed by atoms with Crippen molar-refractivity contribution in [3.8, 4) is 17.0 Å². The Hall–Kier alpha value is -3.22. The molecule has 2 atom stereocenters. The number of thiophene rings is 1. The number of rotatable bonds is 8. The Morgan fingerprint density at radius 1 is 1.06 bits per heavy atom. The standard InChI is InChI=1S/C28H29N3O2S/c1-2-33-22-13-9-19(10-14-22)27-17-25(24-7-3-4-8-26(24)31-27)28(32)30-21-12-11-20(16-21)29-18-23-6-5-15-34-23/h3-10,13-15,17,20-21,29H,2,11-12,16,18H2,1H3,(H,30,32)/t20-,21+/m0/s1. The first-order valence-electron chi connectivity index (χ1n) is 11.9. The lowest BCUT2D eigenvalue weighted by Gasteiger charge is -2.16. The fraction of sp³-hybridized carbons (Fsp3) is 0.286. The van der Waals surface area contributed by atoms with Crippen LogP contribution in [0.15, 0.2) is 72.1 Å². The lowest BCUT2D eigenvalue weighted by Crippen LogP contribution is -2.35. The maximum absolute atomic E-state index is 13.4. The molecule has 6 heteroatoms. The third-order valence-electron chi connectivity index (χ3n) is 6.33. The van der Waals surface area contributed by atoms with Crippen LogP contribution in [0.25, 0.3) is 22.2 Å². The molecule has 4 aromatic rings. The van der Waals surface area contributed by atoms with E-state index < -0.39 is 0 Å². The highest BCUT2D eigenvalue weighted by Gasteiger charge is 2.26. The van der Waals surface area contributed by atoms with E-state index in [4.69, 9.17) is 9.72 Å². The number of nitrogens with zero attached hydrogens (tertiary/aromatic N) is 1. The molecule has 1 aliphatic rings. The SMILES string of the molecule is CCOc1ccc(-c2cc(C(=O)N[C@@H]3CC[C@H](NCc4cccs4)C3)c3ccccc3n2)cc1. The molecule has 1 aliphatic carbocycles. The normalized spacial score (nSPS) is 17.7. The summed E-state index contributed by atoms with van der Waals surface area (Å²) in [5.41, 5.74) is 3.24. The van der Waals surface area contributed by atoms with Gasteiger partial charge in [-0.25, -0.2) is 4.98 Å². The van der Waals surface area contributed by atoms with Gasteiger partial charge in [-0.15, -0.1) is 11.3 Å². The second-order valence-corrected chi connectivity index (χ2v) is 9.70. The number of nitrogens with one attached hydrogen (secondary N) is 2. The molecule has 2 N–H and O–H groups in total. The highest BCUT2D eigenvalue weighted by Crippen LogP contribution is 2.27. The molecule has 0 saturated heterocycles. The summed E-state index contributed by atoms with van der Waals surface area (Å²) >= 11 is 1.77. The second kappa shape index (κ2) is 10.4. The van der Waals surface area contributed by atoms with Crippen LogP contribution in [0.1, 0.15) is 41.4 Å². The average Bonchev–Trinajstić information content (AvgIpc) is 3.55. The van der Waals surface area contributed by atoms with Gasteiger partial charge in [-0.2, -0.15) is 0 Å². The zero-order valence-corrected chi connectivity index (χ0v) is 20.1. The van der Waals surface area contributed by atoms with Crippen molar-refractivity contribution in [2.24, 2.45) is 0 Å². The Kier molecular flexibility index (Phi) is 6.88. The number of benzene rings is 2. The van der Waals surface area contributed by atoms with Crippen LogP contribution in [-0.4, -0.2) is 29.6 Å². The van der Waals surface area contributed by atoms with Gasteiger partial charge in [-0.1, -0.05) is 24.3 Å². The quantitative estimate of drug-likeness (QED) is 0.341. The van der Waals surface area contributed by atoms with Gasteiger partial charge < -0.3 is 15.4 Å². The van der Waals surface area contributed by atoms with E-state index in [9.17, 15) is 4.79 Å². The number of fused-ring (bicyclic) bond motifs is 1. The summed E-state index contributed by atoms with van der Waals surface area (Å²) in [6.45, 7) is 3.49. The molecule has 0 unspecified atom stereocenters. The van der Waals surface area contributed by atoms with Gasteiger partial charge in [0.1, 0.15) is 5.75 Å². The Morgan fingerprint density at radius 2 is 1.88 bits per heavy atom. The van der Waals surface area contributed by atoms with Gasteiger partial charge >= 0.3 is 0 Å². The summed E-state index contributed by atoms with van der Waals surface area (Å²) in [5, 5.41) is 9.91. The molecule has 0 bridgehead atoms. The molecule has 5 rings (SSSR count). The Morgan fingerprint density at radius 3 is 2.68 bits per heavy atom. The number of para-hydroxylation sites is 1. The molecule has 0 radical (unpaired) electrons. The first-order chi connectivity index (χ1) is 16.7. The average molecular weight is 472 g/mol. The van der Waals surface area contributed by atoms with Gasteiger partial charge in [-0.05, 0) is 74.0 Å². The maximum Gasteiger partial charge on any atom is 0.252 e. The molecule has 2 aromatic heterocycles. The zero-order chi connectivity index (χ0) is 23.3. The second-order valence-electron chi connectivity index (χ2n) is 8.67. The van der Waals surface area contributed by atoms with E-state index >= 15 is 0 Å². The summed E-state index contributed by atoms with van der Waals surface area (Å²) < 4.78 is 5.56. The molecule has 2 heterocycles. The number of carbonyl (C=O) groups excluding carboxylic acids is 1. The van der Waals surface area contributed by atoms with E-state index in [1.54, 1.807) is 11.3 Å². The largest absolute Gasteiger partial charge is 0.494 e. The fourth-order valence-electron chi connectivity index (χ4n) is 4.62. The smallest absolute Gasteiger partial charge is 0.252 e. The predicted octanol–water partition coefficient (Wildman–Crippen LogP) is 5.80. The van der Waals surface area contributed by atoms with Gasteiger partial charge in [0.15, 0.2) is 0 Å². The van der Waals surface area contributed by atoms with Crippen molar-refractivity contribution in [2.45, 2.75) is 44.8 Å². The molecule has 1 fully saturated rings. The monoisotopic (exact) mass is 471 g/mol. The summed E-state index contributed by atoms with van der Waals surface area (Å²) in [6.07, 6.45) is 3.01. The molecule has 1 amide bonds. The van der Waals surface area contributed by atoms with E-state index in [1.807, 2.05) is 61.5 Å². The number of ether oxygens (including phenoxy) is 1. The van der Waals surface area contributed by atoms with E-state index in [0.717, 1.165) is 53.7 Å². The first kappa shape index (κ1) is 22.6. The van der Waals surface area contributed by atoms with Crippen molar-refractivity contribution in [3.63, 3.8) is 0 Å². The third kappa shape index (κ3) is 5.13. The Labute approximate surface area is 204 Å². The molecule has 174 valence electrons. The number of amides is 1. The lowest BCUT2D eigenvalue weighted by molar-refractivity contribution is 0.0939. The number of carbonyl (C=O) groups is 1. The van der Waals surface area contributed by atoms with E-state index in [2.05, 4.69) is 28.1 Å². The van der Waals surface area contributed by atoms with Crippen molar-refractivity contribution in [2.75, 3.05) is 6.61 Å². The highest BCUT2D eigenvalue weighted by molar-refractivity contribution is 7.09. The topological polar surface area (TPSA) is 63.2 Å². The minimum atomic E-state index is -0.0327. The van der Waals surface area contributed by atoms with Crippen molar-refractivity contribution in [1.82, 2.24) is 15.6 Å². The number of aromatic nitrogens is 1. The zero-order valence-electron chi connectivity index (χ0n) is 19.3.